The second kappa shape index (κ2) is 8.33. The monoisotopic (exact) mass is 385 g/mol. The van der Waals surface area contributed by atoms with Crippen LogP contribution in [0.5, 0.6) is 0 Å². The first-order chi connectivity index (χ1) is 13.3. The standard InChI is InChI=1S/C20H27N5O3/c1-20(2,3)27-19(26)25-12-16(13-25)23-18(21-4)22-11-15-10-17(28-24-15)14-8-6-5-7-9-14/h5-10,16H,11-13H2,1-4H3,(H2,21,22,23). The highest BCUT2D eigenvalue weighted by molar-refractivity contribution is 5.80. The first kappa shape index (κ1) is 19.7. The summed E-state index contributed by atoms with van der Waals surface area (Å²) in [6.07, 6.45) is -0.287. The molecule has 2 heterocycles. The lowest BCUT2D eigenvalue weighted by Crippen LogP contribution is -2.63. The van der Waals surface area contributed by atoms with Crippen molar-refractivity contribution in [1.82, 2.24) is 20.7 Å². The van der Waals surface area contributed by atoms with Crippen LogP contribution in [0.1, 0.15) is 26.5 Å². The van der Waals surface area contributed by atoms with Gasteiger partial charge in [-0.15, -0.1) is 0 Å². The van der Waals surface area contributed by atoms with Gasteiger partial charge in [-0.1, -0.05) is 35.5 Å². The van der Waals surface area contributed by atoms with Crippen LogP contribution in [0.15, 0.2) is 45.9 Å². The molecule has 28 heavy (non-hydrogen) atoms. The molecule has 0 saturated carbocycles. The van der Waals surface area contributed by atoms with Gasteiger partial charge in [-0.05, 0) is 20.8 Å². The van der Waals surface area contributed by atoms with E-state index in [2.05, 4.69) is 20.8 Å². The van der Waals surface area contributed by atoms with Crippen LogP contribution in [0.4, 0.5) is 4.79 Å². The second-order valence-electron chi connectivity index (χ2n) is 7.70. The van der Waals surface area contributed by atoms with Crippen LogP contribution in [-0.4, -0.2) is 53.9 Å². The Balaban J connectivity index is 1.44. The third-order valence-electron chi connectivity index (χ3n) is 4.15. The van der Waals surface area contributed by atoms with Crippen LogP contribution in [0.3, 0.4) is 0 Å². The zero-order valence-corrected chi connectivity index (χ0v) is 16.7. The van der Waals surface area contributed by atoms with Gasteiger partial charge in [0.05, 0.1) is 12.6 Å². The molecule has 1 aromatic carbocycles. The number of nitrogens with zero attached hydrogens (tertiary/aromatic N) is 3. The van der Waals surface area contributed by atoms with E-state index in [1.165, 1.54) is 0 Å². The SMILES string of the molecule is CN=C(NCc1cc(-c2ccccc2)on1)NC1CN(C(=O)OC(C)(C)C)C1. The minimum absolute atomic E-state index is 0.135. The quantitative estimate of drug-likeness (QED) is 0.621. The fourth-order valence-corrected chi connectivity index (χ4v) is 2.74. The van der Waals surface area contributed by atoms with E-state index in [1.807, 2.05) is 57.2 Å². The van der Waals surface area contributed by atoms with E-state index in [4.69, 9.17) is 9.26 Å². The van der Waals surface area contributed by atoms with Gasteiger partial charge < -0.3 is 24.8 Å². The lowest BCUT2D eigenvalue weighted by Gasteiger charge is -2.40. The van der Waals surface area contributed by atoms with Gasteiger partial charge in [-0.25, -0.2) is 4.79 Å². The molecule has 0 unspecified atom stereocenters. The molecule has 1 saturated heterocycles. The maximum atomic E-state index is 12.0. The zero-order chi connectivity index (χ0) is 20.1. The zero-order valence-electron chi connectivity index (χ0n) is 16.7. The first-order valence-corrected chi connectivity index (χ1v) is 9.30. The lowest BCUT2D eigenvalue weighted by atomic mass is 10.1. The van der Waals surface area contributed by atoms with Crippen molar-refractivity contribution in [3.05, 3.63) is 42.1 Å². The van der Waals surface area contributed by atoms with Crippen molar-refractivity contribution in [3.63, 3.8) is 0 Å². The van der Waals surface area contributed by atoms with E-state index in [9.17, 15) is 4.79 Å². The maximum Gasteiger partial charge on any atom is 0.410 e. The van der Waals surface area contributed by atoms with Gasteiger partial charge in [0.2, 0.25) is 0 Å². The molecule has 2 N–H and O–H groups in total. The number of nitrogens with one attached hydrogen (secondary N) is 2. The van der Waals surface area contributed by atoms with Crippen molar-refractivity contribution in [2.24, 2.45) is 4.99 Å². The van der Waals surface area contributed by atoms with E-state index < -0.39 is 5.60 Å². The Hall–Kier alpha value is -3.03. The number of hydrogen-bond donors (Lipinski definition) is 2. The summed E-state index contributed by atoms with van der Waals surface area (Å²) in [5.41, 5.74) is 1.29. The molecule has 2 aromatic rings. The number of guanidine groups is 1. The van der Waals surface area contributed by atoms with Crippen molar-refractivity contribution in [2.75, 3.05) is 20.1 Å². The number of amides is 1. The van der Waals surface area contributed by atoms with Crippen LogP contribution in [0.2, 0.25) is 0 Å². The molecule has 150 valence electrons. The highest BCUT2D eigenvalue weighted by Crippen LogP contribution is 2.19. The molecule has 0 aliphatic carbocycles. The van der Waals surface area contributed by atoms with Gasteiger partial charge >= 0.3 is 6.09 Å². The molecule has 0 bridgehead atoms. The molecule has 3 rings (SSSR count). The Morgan fingerprint density at radius 2 is 2.04 bits per heavy atom. The number of ether oxygens (including phenoxy) is 1. The Morgan fingerprint density at radius 1 is 1.32 bits per heavy atom. The Bertz CT molecular complexity index is 820. The molecule has 0 spiro atoms. The number of rotatable bonds is 4. The summed E-state index contributed by atoms with van der Waals surface area (Å²) < 4.78 is 10.8. The highest BCUT2D eigenvalue weighted by Gasteiger charge is 2.34. The van der Waals surface area contributed by atoms with Crippen LogP contribution in [0, 0.1) is 0 Å². The smallest absolute Gasteiger partial charge is 0.410 e. The number of hydrogen-bond acceptors (Lipinski definition) is 5. The van der Waals surface area contributed by atoms with Gasteiger partial charge in [-0.3, -0.25) is 4.99 Å². The average molecular weight is 385 g/mol. The fourth-order valence-electron chi connectivity index (χ4n) is 2.74. The number of likely N-dealkylation sites (tertiary alicyclic amines) is 1. The third-order valence-corrected chi connectivity index (χ3v) is 4.15. The normalized spacial score (nSPS) is 15.1. The largest absolute Gasteiger partial charge is 0.444 e. The van der Waals surface area contributed by atoms with Gasteiger partial charge in [-0.2, -0.15) is 0 Å². The molecule has 8 nitrogen and oxygen atoms in total. The third kappa shape index (κ3) is 5.25. The molecule has 1 amide bonds. The molecule has 1 aliphatic rings. The predicted octanol–water partition coefficient (Wildman–Crippen LogP) is 2.63. The highest BCUT2D eigenvalue weighted by atomic mass is 16.6. The Morgan fingerprint density at radius 3 is 2.68 bits per heavy atom. The summed E-state index contributed by atoms with van der Waals surface area (Å²) >= 11 is 0. The Kier molecular flexibility index (Phi) is 5.87. The summed E-state index contributed by atoms with van der Waals surface area (Å²) in [6.45, 7) is 7.23. The van der Waals surface area contributed by atoms with E-state index in [0.29, 0.717) is 25.6 Å². The number of aromatic nitrogens is 1. The van der Waals surface area contributed by atoms with Gasteiger partial charge in [0, 0.05) is 31.8 Å². The maximum absolute atomic E-state index is 12.0. The molecule has 0 atom stereocenters. The average Bonchev–Trinajstić information content (AvgIpc) is 3.08. The lowest BCUT2D eigenvalue weighted by molar-refractivity contribution is 0.00701. The number of carbonyl (C=O) groups excluding carboxylic acids is 1. The van der Waals surface area contributed by atoms with Gasteiger partial charge in [0.25, 0.3) is 0 Å². The molecule has 8 heteroatoms. The summed E-state index contributed by atoms with van der Waals surface area (Å²) in [5.74, 6) is 1.38. The molecular weight excluding hydrogens is 358 g/mol. The number of benzene rings is 1. The molecule has 1 aliphatic heterocycles. The van der Waals surface area contributed by atoms with Crippen LogP contribution in [-0.2, 0) is 11.3 Å². The van der Waals surface area contributed by atoms with Crippen molar-refractivity contribution in [1.29, 1.82) is 0 Å². The van der Waals surface area contributed by atoms with Crippen molar-refractivity contribution >= 4 is 12.1 Å². The molecular formula is C20H27N5O3. The summed E-state index contributed by atoms with van der Waals surface area (Å²) in [7, 11) is 1.71. The van der Waals surface area contributed by atoms with Crippen molar-refractivity contribution < 1.29 is 14.1 Å². The summed E-state index contributed by atoms with van der Waals surface area (Å²) in [5, 5.41) is 10.6. The Labute approximate surface area is 164 Å². The molecule has 1 aromatic heterocycles. The van der Waals surface area contributed by atoms with Crippen molar-refractivity contribution in [3.8, 4) is 11.3 Å². The molecule has 1 fully saturated rings. The number of aliphatic imine (C=N–C) groups is 1. The van der Waals surface area contributed by atoms with E-state index in [-0.39, 0.29) is 12.1 Å². The van der Waals surface area contributed by atoms with E-state index >= 15 is 0 Å². The van der Waals surface area contributed by atoms with Crippen molar-refractivity contribution in [2.45, 2.75) is 39.0 Å². The minimum Gasteiger partial charge on any atom is -0.444 e. The van der Waals surface area contributed by atoms with E-state index in [0.717, 1.165) is 17.0 Å². The number of carbonyl (C=O) groups is 1. The minimum atomic E-state index is -0.483. The van der Waals surface area contributed by atoms with Crippen LogP contribution < -0.4 is 10.6 Å². The topological polar surface area (TPSA) is 92.0 Å². The van der Waals surface area contributed by atoms with E-state index in [1.54, 1.807) is 11.9 Å². The predicted molar refractivity (Wildman–Crippen MR) is 107 cm³/mol. The second-order valence-corrected chi connectivity index (χ2v) is 7.70. The fraction of sp³-hybridized carbons (Fsp3) is 0.450. The van der Waals surface area contributed by atoms with Gasteiger partial charge in [0.1, 0.15) is 11.3 Å². The van der Waals surface area contributed by atoms with Gasteiger partial charge in [0.15, 0.2) is 11.7 Å². The summed E-state index contributed by atoms with van der Waals surface area (Å²) in [6, 6.07) is 11.9. The molecule has 0 radical (unpaired) electrons. The van der Waals surface area contributed by atoms with Crippen LogP contribution >= 0.6 is 0 Å². The summed E-state index contributed by atoms with van der Waals surface area (Å²) in [4.78, 5) is 17.9. The van der Waals surface area contributed by atoms with Crippen LogP contribution in [0.25, 0.3) is 11.3 Å². The first-order valence-electron chi connectivity index (χ1n) is 9.30.